The minimum Gasteiger partial charge on any atom is -0.341 e. The average Bonchev–Trinajstić information content (AvgIpc) is 2.91. The van der Waals surface area contributed by atoms with Gasteiger partial charge in [-0.15, -0.1) is 0 Å². The molecule has 0 fully saturated rings. The summed E-state index contributed by atoms with van der Waals surface area (Å²) in [5.74, 6) is 1.46. The number of imidazole rings is 1. The lowest BCUT2D eigenvalue weighted by Crippen LogP contribution is -2.31. The van der Waals surface area contributed by atoms with Gasteiger partial charge in [0.25, 0.3) is 0 Å². The molecule has 0 aliphatic carbocycles. The Labute approximate surface area is 133 Å². The number of para-hydroxylation sites is 2. The van der Waals surface area contributed by atoms with Gasteiger partial charge in [0.15, 0.2) is 0 Å². The van der Waals surface area contributed by atoms with Crippen LogP contribution in [0.25, 0.3) is 11.0 Å². The summed E-state index contributed by atoms with van der Waals surface area (Å²) in [6.45, 7) is 6.75. The van der Waals surface area contributed by atoms with Crippen LogP contribution < -0.4 is 0 Å². The molecule has 0 amide bonds. The number of aromatic nitrogens is 2. The summed E-state index contributed by atoms with van der Waals surface area (Å²) in [6, 6.07) is 16.7. The lowest BCUT2D eigenvalue weighted by Gasteiger charge is -2.32. The van der Waals surface area contributed by atoms with Crippen molar-refractivity contribution >= 4 is 27.0 Å². The molecule has 2 nitrogen and oxygen atoms in total. The third kappa shape index (κ3) is 2.40. The van der Waals surface area contributed by atoms with E-state index in [-0.39, 0.29) is 5.41 Å². The van der Waals surface area contributed by atoms with Crippen molar-refractivity contribution in [2.24, 2.45) is 5.92 Å². The largest absolute Gasteiger partial charge is 0.341 e. The molecule has 3 rings (SSSR count). The number of H-pyrrole nitrogens is 1. The second-order valence-electron chi connectivity index (χ2n) is 5.97. The Morgan fingerprint density at radius 2 is 1.71 bits per heavy atom. The Kier molecular flexibility index (Phi) is 3.62. The first kappa shape index (κ1) is 14.3. The van der Waals surface area contributed by atoms with Gasteiger partial charge in [0, 0.05) is 4.47 Å². The molecule has 1 heterocycles. The summed E-state index contributed by atoms with van der Waals surface area (Å²) in [6.07, 6.45) is 0. The van der Waals surface area contributed by atoms with Gasteiger partial charge in [-0.3, -0.25) is 0 Å². The number of aromatic amines is 1. The van der Waals surface area contributed by atoms with Crippen molar-refractivity contribution in [2.75, 3.05) is 0 Å². The summed E-state index contributed by atoms with van der Waals surface area (Å²) >= 11 is 3.51. The van der Waals surface area contributed by atoms with E-state index in [1.165, 1.54) is 5.56 Å². The smallest absolute Gasteiger partial charge is 0.117 e. The molecule has 3 aromatic rings. The zero-order valence-corrected chi connectivity index (χ0v) is 14.1. The molecule has 0 aliphatic heterocycles. The normalized spacial score (nSPS) is 14.5. The number of nitrogens with zero attached hydrogens (tertiary/aromatic N) is 1. The van der Waals surface area contributed by atoms with Gasteiger partial charge >= 0.3 is 0 Å². The molecule has 0 aliphatic rings. The molecule has 108 valence electrons. The molecule has 1 N–H and O–H groups in total. The summed E-state index contributed by atoms with van der Waals surface area (Å²) in [4.78, 5) is 8.35. The molecule has 1 aromatic heterocycles. The van der Waals surface area contributed by atoms with E-state index in [1.807, 2.05) is 12.1 Å². The van der Waals surface area contributed by atoms with Crippen LogP contribution in [0, 0.1) is 5.92 Å². The summed E-state index contributed by atoms with van der Waals surface area (Å²) in [5, 5.41) is 0. The highest BCUT2D eigenvalue weighted by molar-refractivity contribution is 9.10. The van der Waals surface area contributed by atoms with Crippen LogP contribution in [-0.4, -0.2) is 9.97 Å². The highest BCUT2D eigenvalue weighted by Crippen LogP contribution is 2.38. The monoisotopic (exact) mass is 342 g/mol. The second-order valence-corrected chi connectivity index (χ2v) is 6.88. The van der Waals surface area contributed by atoms with E-state index < -0.39 is 0 Å². The first-order chi connectivity index (χ1) is 10.0. The van der Waals surface area contributed by atoms with Gasteiger partial charge in [-0.2, -0.15) is 0 Å². The molecule has 1 unspecified atom stereocenters. The Morgan fingerprint density at radius 3 is 2.33 bits per heavy atom. The molecular weight excluding hydrogens is 324 g/mol. The molecular formula is C18H19BrN2. The quantitative estimate of drug-likeness (QED) is 0.688. The zero-order chi connectivity index (χ0) is 15.0. The van der Waals surface area contributed by atoms with Gasteiger partial charge in [0.05, 0.1) is 16.4 Å². The summed E-state index contributed by atoms with van der Waals surface area (Å²) in [5.41, 5.74) is 3.26. The molecule has 21 heavy (non-hydrogen) atoms. The molecule has 2 aromatic carbocycles. The summed E-state index contributed by atoms with van der Waals surface area (Å²) < 4.78 is 1.10. The van der Waals surface area contributed by atoms with Crippen molar-refractivity contribution in [3.63, 3.8) is 0 Å². The van der Waals surface area contributed by atoms with E-state index in [9.17, 15) is 0 Å². The van der Waals surface area contributed by atoms with Crippen molar-refractivity contribution < 1.29 is 0 Å². The molecule has 0 radical (unpaired) electrons. The zero-order valence-electron chi connectivity index (χ0n) is 12.5. The maximum absolute atomic E-state index is 4.84. The fourth-order valence-electron chi connectivity index (χ4n) is 2.74. The fraction of sp³-hybridized carbons (Fsp3) is 0.278. The number of rotatable bonds is 3. The van der Waals surface area contributed by atoms with Crippen LogP contribution in [0.4, 0.5) is 0 Å². The SMILES string of the molecule is CC(C)C(C)(c1ccc(Br)cc1)c1nc2ccccc2[nH]1. The molecule has 0 spiro atoms. The van der Waals surface area contributed by atoms with Crippen molar-refractivity contribution in [3.05, 3.63) is 64.4 Å². The van der Waals surface area contributed by atoms with E-state index in [0.717, 1.165) is 21.3 Å². The van der Waals surface area contributed by atoms with Crippen LogP contribution in [0.3, 0.4) is 0 Å². The third-order valence-corrected chi connectivity index (χ3v) is 5.01. The van der Waals surface area contributed by atoms with Crippen LogP contribution in [-0.2, 0) is 5.41 Å². The van der Waals surface area contributed by atoms with Crippen molar-refractivity contribution in [3.8, 4) is 0 Å². The predicted molar refractivity (Wildman–Crippen MR) is 91.5 cm³/mol. The summed E-state index contributed by atoms with van der Waals surface area (Å²) in [7, 11) is 0. The van der Waals surface area contributed by atoms with Crippen molar-refractivity contribution in [1.29, 1.82) is 0 Å². The molecule has 0 saturated heterocycles. The lowest BCUT2D eigenvalue weighted by atomic mass is 9.73. The first-order valence-electron chi connectivity index (χ1n) is 7.23. The van der Waals surface area contributed by atoms with Gasteiger partial charge in [-0.25, -0.2) is 4.98 Å². The standard InChI is InChI=1S/C18H19BrN2/c1-12(2)18(3,13-8-10-14(19)11-9-13)17-20-15-6-4-5-7-16(15)21-17/h4-12H,1-3H3,(H,20,21). The number of benzene rings is 2. The lowest BCUT2D eigenvalue weighted by molar-refractivity contribution is 0.387. The van der Waals surface area contributed by atoms with Crippen LogP contribution in [0.5, 0.6) is 0 Å². The van der Waals surface area contributed by atoms with E-state index in [0.29, 0.717) is 5.92 Å². The molecule has 0 saturated carbocycles. The van der Waals surface area contributed by atoms with E-state index in [1.54, 1.807) is 0 Å². The van der Waals surface area contributed by atoms with E-state index >= 15 is 0 Å². The van der Waals surface area contributed by atoms with Crippen LogP contribution in [0.2, 0.25) is 0 Å². The molecule has 0 bridgehead atoms. The van der Waals surface area contributed by atoms with Gasteiger partial charge in [-0.05, 0) is 42.7 Å². The van der Waals surface area contributed by atoms with Crippen LogP contribution in [0.15, 0.2) is 53.0 Å². The average molecular weight is 343 g/mol. The highest BCUT2D eigenvalue weighted by atomic mass is 79.9. The Morgan fingerprint density at radius 1 is 1.05 bits per heavy atom. The van der Waals surface area contributed by atoms with E-state index in [2.05, 4.69) is 78.1 Å². The maximum Gasteiger partial charge on any atom is 0.117 e. The van der Waals surface area contributed by atoms with Crippen molar-refractivity contribution in [2.45, 2.75) is 26.2 Å². The topological polar surface area (TPSA) is 28.7 Å². The first-order valence-corrected chi connectivity index (χ1v) is 8.02. The molecule has 1 atom stereocenters. The van der Waals surface area contributed by atoms with Gasteiger partial charge in [-0.1, -0.05) is 54.0 Å². The van der Waals surface area contributed by atoms with Crippen molar-refractivity contribution in [1.82, 2.24) is 9.97 Å². The van der Waals surface area contributed by atoms with E-state index in [4.69, 9.17) is 4.98 Å². The molecule has 3 heteroatoms. The van der Waals surface area contributed by atoms with Crippen LogP contribution in [0.1, 0.15) is 32.2 Å². The minimum absolute atomic E-state index is 0.139. The number of hydrogen-bond acceptors (Lipinski definition) is 1. The Bertz CT molecular complexity index is 725. The number of halogens is 1. The Hall–Kier alpha value is -1.61. The maximum atomic E-state index is 4.84. The number of nitrogens with one attached hydrogen (secondary N) is 1. The predicted octanol–water partition coefficient (Wildman–Crippen LogP) is 5.29. The minimum atomic E-state index is -0.139. The van der Waals surface area contributed by atoms with Gasteiger partial charge in [0.2, 0.25) is 0 Å². The van der Waals surface area contributed by atoms with Gasteiger partial charge < -0.3 is 4.98 Å². The number of fused-ring (bicyclic) bond motifs is 1. The van der Waals surface area contributed by atoms with Gasteiger partial charge in [0.1, 0.15) is 5.82 Å². The Balaban J connectivity index is 2.18. The third-order valence-electron chi connectivity index (χ3n) is 4.48. The second kappa shape index (κ2) is 5.30. The number of hydrogen-bond donors (Lipinski definition) is 1. The van der Waals surface area contributed by atoms with Crippen LogP contribution >= 0.6 is 15.9 Å². The fourth-order valence-corrected chi connectivity index (χ4v) is 3.00. The highest BCUT2D eigenvalue weighted by Gasteiger charge is 2.35.